The lowest BCUT2D eigenvalue weighted by Crippen LogP contribution is -2.58. The van der Waals surface area contributed by atoms with E-state index in [0.717, 1.165) is 23.4 Å². The first-order valence-electron chi connectivity index (χ1n) is 13.3. The molecule has 1 unspecified atom stereocenters. The lowest BCUT2D eigenvalue weighted by Gasteiger charge is -2.43. The predicted molar refractivity (Wildman–Crippen MR) is 146 cm³/mol. The molecule has 8 heteroatoms. The summed E-state index contributed by atoms with van der Waals surface area (Å²) in [4.78, 5) is 45.0. The molecule has 2 N–H and O–H groups in total. The number of urea groups is 1. The van der Waals surface area contributed by atoms with Crippen molar-refractivity contribution >= 4 is 29.2 Å². The van der Waals surface area contributed by atoms with Gasteiger partial charge in [-0.1, -0.05) is 44.5 Å². The van der Waals surface area contributed by atoms with Gasteiger partial charge in [0.2, 0.25) is 5.91 Å². The third kappa shape index (κ3) is 5.73. The number of carbonyl (C=O) groups is 3. The fourth-order valence-corrected chi connectivity index (χ4v) is 5.09. The molecule has 2 saturated heterocycles. The van der Waals surface area contributed by atoms with Gasteiger partial charge in [0.15, 0.2) is 0 Å². The van der Waals surface area contributed by atoms with Crippen LogP contribution in [0, 0.1) is 19.8 Å². The third-order valence-corrected chi connectivity index (χ3v) is 7.90. The van der Waals surface area contributed by atoms with Gasteiger partial charge < -0.3 is 25.3 Å². The molecule has 0 aliphatic carbocycles. The van der Waals surface area contributed by atoms with Crippen molar-refractivity contribution in [2.75, 3.05) is 43.1 Å². The number of rotatable bonds is 7. The molecule has 1 spiro atoms. The summed E-state index contributed by atoms with van der Waals surface area (Å²) < 4.78 is 0. The summed E-state index contributed by atoms with van der Waals surface area (Å²) in [5.41, 5.74) is 3.25. The maximum atomic E-state index is 13.8. The van der Waals surface area contributed by atoms with Crippen LogP contribution in [-0.2, 0) is 9.59 Å². The van der Waals surface area contributed by atoms with Gasteiger partial charge in [-0.3, -0.25) is 9.59 Å². The van der Waals surface area contributed by atoms with Crippen molar-refractivity contribution in [2.24, 2.45) is 5.92 Å². The Bertz CT molecular complexity index is 1130. The van der Waals surface area contributed by atoms with Gasteiger partial charge in [0, 0.05) is 31.0 Å². The summed E-state index contributed by atoms with van der Waals surface area (Å²) in [5.74, 6) is 0.220. The molecule has 0 radical (unpaired) electrons. The van der Waals surface area contributed by atoms with Gasteiger partial charge in [0.05, 0.1) is 6.67 Å². The van der Waals surface area contributed by atoms with Crippen molar-refractivity contribution < 1.29 is 14.4 Å². The number of piperidine rings is 1. The Balaban J connectivity index is 1.46. The number of nitrogens with zero attached hydrogens (tertiary/aromatic N) is 3. The number of hydrogen-bond acceptors (Lipinski definition) is 4. The van der Waals surface area contributed by atoms with E-state index in [2.05, 4.69) is 29.4 Å². The van der Waals surface area contributed by atoms with Crippen LogP contribution >= 0.6 is 0 Å². The number of likely N-dealkylation sites (tertiary alicyclic amines) is 1. The van der Waals surface area contributed by atoms with E-state index in [4.69, 9.17) is 0 Å². The fraction of sp³-hybridized carbons (Fsp3) is 0.483. The number of aryl methyl sites for hydroxylation is 2. The van der Waals surface area contributed by atoms with Crippen molar-refractivity contribution in [1.29, 1.82) is 0 Å². The monoisotopic (exact) mass is 505 g/mol. The van der Waals surface area contributed by atoms with Crippen LogP contribution in [0.5, 0.6) is 0 Å². The third-order valence-electron chi connectivity index (χ3n) is 7.90. The molecule has 2 heterocycles. The van der Waals surface area contributed by atoms with E-state index in [9.17, 15) is 14.4 Å². The largest absolute Gasteiger partial charge is 0.354 e. The highest BCUT2D eigenvalue weighted by molar-refractivity contribution is 5.97. The first kappa shape index (κ1) is 26.5. The first-order chi connectivity index (χ1) is 17.7. The molecule has 2 aliphatic rings. The molecule has 0 saturated carbocycles. The van der Waals surface area contributed by atoms with Crippen molar-refractivity contribution in [3.8, 4) is 0 Å². The van der Waals surface area contributed by atoms with E-state index in [1.54, 1.807) is 9.80 Å². The highest BCUT2D eigenvalue weighted by atomic mass is 16.2. The Morgan fingerprint density at radius 3 is 2.38 bits per heavy atom. The lowest BCUT2D eigenvalue weighted by molar-refractivity contribution is -0.137. The highest BCUT2D eigenvalue weighted by Gasteiger charge is 2.54. The highest BCUT2D eigenvalue weighted by Crippen LogP contribution is 2.39. The summed E-state index contributed by atoms with van der Waals surface area (Å²) in [6.07, 6.45) is 2.00. The van der Waals surface area contributed by atoms with E-state index < -0.39 is 5.54 Å². The van der Waals surface area contributed by atoms with E-state index in [1.807, 2.05) is 62.4 Å². The molecular formula is C29H39N5O3. The van der Waals surface area contributed by atoms with Crippen LogP contribution in [0.1, 0.15) is 44.2 Å². The average Bonchev–Trinajstić information content (AvgIpc) is 3.16. The van der Waals surface area contributed by atoms with Crippen molar-refractivity contribution in [3.05, 3.63) is 59.7 Å². The summed E-state index contributed by atoms with van der Waals surface area (Å²) >= 11 is 0. The standard InChI is InChI=1S/C29H39N5O3/c1-5-21(2)18-30-26(35)19-33-20-34(25-9-7-6-8-10-25)29(27(33)36)13-15-32(16-14-29)28(37)31-24-12-11-22(3)23(4)17-24/h6-12,17,21H,5,13-16,18-20H2,1-4H3,(H,30,35)(H,31,37). The van der Waals surface area contributed by atoms with E-state index in [1.165, 1.54) is 5.56 Å². The summed E-state index contributed by atoms with van der Waals surface area (Å²) in [6.45, 7) is 10.2. The van der Waals surface area contributed by atoms with Gasteiger partial charge in [0.25, 0.3) is 5.91 Å². The number of benzene rings is 2. The van der Waals surface area contributed by atoms with Gasteiger partial charge in [-0.15, -0.1) is 0 Å². The van der Waals surface area contributed by atoms with Crippen molar-refractivity contribution in [3.63, 3.8) is 0 Å². The SMILES string of the molecule is CCC(C)CNC(=O)CN1CN(c2ccccc2)C2(CCN(C(=O)Nc3ccc(C)c(C)c3)CC2)C1=O. The summed E-state index contributed by atoms with van der Waals surface area (Å²) in [7, 11) is 0. The number of para-hydroxylation sites is 1. The Kier molecular flexibility index (Phi) is 8.05. The average molecular weight is 506 g/mol. The molecule has 2 fully saturated rings. The number of nitrogens with one attached hydrogen (secondary N) is 2. The van der Waals surface area contributed by atoms with E-state index in [0.29, 0.717) is 45.1 Å². The van der Waals surface area contributed by atoms with E-state index >= 15 is 0 Å². The van der Waals surface area contributed by atoms with Crippen LogP contribution in [0.25, 0.3) is 0 Å². The predicted octanol–water partition coefficient (Wildman–Crippen LogP) is 4.14. The maximum absolute atomic E-state index is 13.8. The van der Waals surface area contributed by atoms with Gasteiger partial charge in [-0.25, -0.2) is 4.79 Å². The smallest absolute Gasteiger partial charge is 0.321 e. The van der Waals surface area contributed by atoms with Crippen LogP contribution in [0.4, 0.5) is 16.2 Å². The van der Waals surface area contributed by atoms with Crippen LogP contribution in [-0.4, -0.2) is 66.0 Å². The van der Waals surface area contributed by atoms with Crippen molar-refractivity contribution in [1.82, 2.24) is 15.1 Å². The number of anilines is 2. The molecule has 0 aromatic heterocycles. The minimum absolute atomic E-state index is 0.0377. The molecule has 0 bridgehead atoms. The molecule has 37 heavy (non-hydrogen) atoms. The van der Waals surface area contributed by atoms with E-state index in [-0.39, 0.29) is 24.4 Å². The van der Waals surface area contributed by atoms with Crippen LogP contribution in [0.2, 0.25) is 0 Å². The van der Waals surface area contributed by atoms with Gasteiger partial charge >= 0.3 is 6.03 Å². The molecule has 4 amide bonds. The normalized spacial score (nSPS) is 17.7. The zero-order chi connectivity index (χ0) is 26.6. The second-order valence-electron chi connectivity index (χ2n) is 10.5. The fourth-order valence-electron chi connectivity index (χ4n) is 5.09. The minimum atomic E-state index is -0.768. The second-order valence-corrected chi connectivity index (χ2v) is 10.5. The second kappa shape index (κ2) is 11.2. The summed E-state index contributed by atoms with van der Waals surface area (Å²) in [6, 6.07) is 15.6. The Morgan fingerprint density at radius 1 is 1.03 bits per heavy atom. The van der Waals surface area contributed by atoms with Gasteiger partial charge in [-0.2, -0.15) is 0 Å². The zero-order valence-electron chi connectivity index (χ0n) is 22.4. The molecule has 4 rings (SSSR count). The first-order valence-corrected chi connectivity index (χ1v) is 13.3. The van der Waals surface area contributed by atoms with Gasteiger partial charge in [0.1, 0.15) is 12.1 Å². The van der Waals surface area contributed by atoms with Gasteiger partial charge in [-0.05, 0) is 68.0 Å². The van der Waals surface area contributed by atoms with Crippen molar-refractivity contribution in [2.45, 2.75) is 52.5 Å². The zero-order valence-corrected chi connectivity index (χ0v) is 22.4. The molecule has 8 nitrogen and oxygen atoms in total. The van der Waals surface area contributed by atoms with Crippen LogP contribution in [0.3, 0.4) is 0 Å². The molecule has 198 valence electrons. The molecular weight excluding hydrogens is 466 g/mol. The number of carbonyl (C=O) groups excluding carboxylic acids is 3. The number of amides is 4. The molecule has 2 aromatic rings. The maximum Gasteiger partial charge on any atom is 0.321 e. The Hall–Kier alpha value is -3.55. The van der Waals surface area contributed by atoms with Crippen LogP contribution < -0.4 is 15.5 Å². The summed E-state index contributed by atoms with van der Waals surface area (Å²) in [5, 5.41) is 5.97. The lowest BCUT2D eigenvalue weighted by atomic mass is 9.85. The Labute approximate surface area is 220 Å². The topological polar surface area (TPSA) is 85.0 Å². The quantitative estimate of drug-likeness (QED) is 0.592. The van der Waals surface area contributed by atoms with Crippen LogP contribution in [0.15, 0.2) is 48.5 Å². The molecule has 2 aliphatic heterocycles. The molecule has 1 atom stereocenters. The molecule has 2 aromatic carbocycles. The minimum Gasteiger partial charge on any atom is -0.354 e. The number of hydrogen-bond donors (Lipinski definition) is 2. The Morgan fingerprint density at radius 2 is 1.73 bits per heavy atom.